The fraction of sp³-hybridized carbons (Fsp3) is 0.841. The maximum Gasteiger partial charge on any atom is 0.306 e. The highest BCUT2D eigenvalue weighted by molar-refractivity contribution is 5.71. The van der Waals surface area contributed by atoms with E-state index < -0.39 is 6.10 Å². The maximum absolute atomic E-state index is 12.9. The smallest absolute Gasteiger partial charge is 0.306 e. The highest BCUT2D eigenvalue weighted by Crippen LogP contribution is 2.18. The van der Waals surface area contributed by atoms with Gasteiger partial charge in [0.15, 0.2) is 6.10 Å². The van der Waals surface area contributed by atoms with Crippen LogP contribution in [-0.4, -0.2) is 37.2 Å². The topological polar surface area (TPSA) is 78.9 Å². The summed E-state index contributed by atoms with van der Waals surface area (Å²) in [7, 11) is 0. The van der Waals surface area contributed by atoms with E-state index in [1.807, 2.05) is 0 Å². The minimum atomic E-state index is -0.777. The van der Waals surface area contributed by atoms with Crippen molar-refractivity contribution in [3.05, 3.63) is 48.6 Å². The summed E-state index contributed by atoms with van der Waals surface area (Å²) in [5.74, 6) is -0.872. The molecule has 0 aliphatic carbocycles. The SMILES string of the molecule is CC/C=C\C/C=C\C/C=C\C/C=C\CCCCCCCCC(=O)OC(COC(=O)CCCCCCCCCCC)COC(=O)CCCCCCCCCCCCCCCCCCCCCCCCCCCCCCC. The van der Waals surface area contributed by atoms with E-state index in [4.69, 9.17) is 14.2 Å². The van der Waals surface area contributed by atoms with E-state index in [2.05, 4.69) is 69.4 Å². The highest BCUT2D eigenvalue weighted by Gasteiger charge is 2.19. The van der Waals surface area contributed by atoms with E-state index in [0.29, 0.717) is 19.3 Å². The van der Waals surface area contributed by atoms with Crippen molar-refractivity contribution in [2.45, 2.75) is 361 Å². The average molecular weight is 1050 g/mol. The summed E-state index contributed by atoms with van der Waals surface area (Å²) in [5, 5.41) is 0. The normalized spacial score (nSPS) is 12.3. The molecule has 0 heterocycles. The van der Waals surface area contributed by atoms with Gasteiger partial charge in [0.2, 0.25) is 0 Å². The number of ether oxygens (including phenoxy) is 3. The first-order valence-corrected chi connectivity index (χ1v) is 33.1. The van der Waals surface area contributed by atoms with Crippen LogP contribution in [0.3, 0.4) is 0 Å². The Kier molecular flexibility index (Phi) is 61.7. The van der Waals surface area contributed by atoms with Gasteiger partial charge in [-0.1, -0.05) is 326 Å². The lowest BCUT2D eigenvalue weighted by Crippen LogP contribution is -2.30. The zero-order chi connectivity index (χ0) is 54.3. The van der Waals surface area contributed by atoms with Crippen LogP contribution in [0.25, 0.3) is 0 Å². The third kappa shape index (κ3) is 62.1. The molecule has 6 nitrogen and oxygen atoms in total. The molecule has 0 spiro atoms. The van der Waals surface area contributed by atoms with Crippen molar-refractivity contribution < 1.29 is 28.6 Å². The van der Waals surface area contributed by atoms with Crippen LogP contribution in [0.1, 0.15) is 355 Å². The second-order valence-corrected chi connectivity index (χ2v) is 22.4. The molecule has 75 heavy (non-hydrogen) atoms. The van der Waals surface area contributed by atoms with Crippen LogP contribution in [0.4, 0.5) is 0 Å². The van der Waals surface area contributed by atoms with Crippen LogP contribution in [0, 0.1) is 0 Å². The molecular weight excluding hydrogens is 925 g/mol. The first-order valence-electron chi connectivity index (χ1n) is 33.1. The van der Waals surface area contributed by atoms with Crippen LogP contribution >= 0.6 is 0 Å². The number of unbranched alkanes of at least 4 members (excludes halogenated alkanes) is 42. The number of carbonyl (C=O) groups is 3. The summed E-state index contributed by atoms with van der Waals surface area (Å²) >= 11 is 0. The molecule has 1 atom stereocenters. The zero-order valence-corrected chi connectivity index (χ0v) is 50.3. The predicted octanol–water partition coefficient (Wildman–Crippen LogP) is 22.6. The number of esters is 3. The molecule has 0 aromatic heterocycles. The van der Waals surface area contributed by atoms with Crippen molar-refractivity contribution in [3.63, 3.8) is 0 Å². The van der Waals surface area contributed by atoms with E-state index in [-0.39, 0.29) is 31.1 Å². The van der Waals surface area contributed by atoms with Gasteiger partial charge in [-0.2, -0.15) is 0 Å². The van der Waals surface area contributed by atoms with E-state index >= 15 is 0 Å². The first kappa shape index (κ1) is 72.4. The molecule has 0 bridgehead atoms. The Hall–Kier alpha value is -2.63. The molecule has 0 aromatic carbocycles. The Bertz CT molecular complexity index is 1300. The van der Waals surface area contributed by atoms with E-state index in [1.165, 1.54) is 218 Å². The lowest BCUT2D eigenvalue weighted by atomic mass is 10.0. The van der Waals surface area contributed by atoms with Gasteiger partial charge in [0.1, 0.15) is 13.2 Å². The van der Waals surface area contributed by atoms with Crippen molar-refractivity contribution in [1.82, 2.24) is 0 Å². The summed E-state index contributed by atoms with van der Waals surface area (Å²) in [6, 6.07) is 0. The van der Waals surface area contributed by atoms with Gasteiger partial charge in [-0.05, 0) is 57.8 Å². The quantitative estimate of drug-likeness (QED) is 0.0261. The minimum absolute atomic E-state index is 0.0747. The molecule has 0 rings (SSSR count). The Morgan fingerprint density at radius 1 is 0.280 bits per heavy atom. The summed E-state index contributed by atoms with van der Waals surface area (Å²) in [4.78, 5) is 38.2. The van der Waals surface area contributed by atoms with Crippen molar-refractivity contribution in [2.24, 2.45) is 0 Å². The van der Waals surface area contributed by atoms with Gasteiger partial charge in [-0.25, -0.2) is 0 Å². The standard InChI is InChI=1S/C69H126O6/c1-4-7-10-13-16-19-21-23-25-27-29-30-31-32-33-34-35-36-37-38-40-41-43-45-47-50-53-56-59-62-68(71)74-65-66(64-73-67(70)61-58-55-52-49-18-15-12-9-6-3)75-69(72)63-60-57-54-51-48-46-44-42-39-28-26-24-22-20-17-14-11-8-5-2/h8,11,17,20,24,26,39,42,66H,4-7,9-10,12-16,18-19,21-23,25,27-38,40-41,43-65H2,1-3H3/b11-8-,20-17-,26-24-,42-39-. The van der Waals surface area contributed by atoms with Crippen molar-refractivity contribution >= 4 is 17.9 Å². The molecule has 0 aliphatic heterocycles. The van der Waals surface area contributed by atoms with Crippen molar-refractivity contribution in [3.8, 4) is 0 Å². The monoisotopic (exact) mass is 1050 g/mol. The lowest BCUT2D eigenvalue weighted by Gasteiger charge is -2.18. The lowest BCUT2D eigenvalue weighted by molar-refractivity contribution is -0.167. The summed E-state index contributed by atoms with van der Waals surface area (Å²) < 4.78 is 16.9. The number of hydrogen-bond acceptors (Lipinski definition) is 6. The Morgan fingerprint density at radius 2 is 0.520 bits per heavy atom. The van der Waals surface area contributed by atoms with Crippen molar-refractivity contribution in [1.29, 1.82) is 0 Å². The molecule has 438 valence electrons. The molecule has 6 heteroatoms. The fourth-order valence-corrected chi connectivity index (χ4v) is 9.91. The van der Waals surface area contributed by atoms with Crippen LogP contribution < -0.4 is 0 Å². The average Bonchev–Trinajstić information content (AvgIpc) is 3.41. The highest BCUT2D eigenvalue weighted by atomic mass is 16.6. The number of rotatable bonds is 61. The van der Waals surface area contributed by atoms with Crippen LogP contribution in [0.5, 0.6) is 0 Å². The summed E-state index contributed by atoms with van der Waals surface area (Å²) in [6.45, 7) is 6.55. The maximum atomic E-state index is 12.9. The minimum Gasteiger partial charge on any atom is -0.462 e. The van der Waals surface area contributed by atoms with Gasteiger partial charge >= 0.3 is 17.9 Å². The third-order valence-corrected chi connectivity index (χ3v) is 14.8. The molecule has 1 unspecified atom stereocenters. The number of carbonyl (C=O) groups excluding carboxylic acids is 3. The molecule has 0 N–H and O–H groups in total. The molecule has 0 amide bonds. The third-order valence-electron chi connectivity index (χ3n) is 14.8. The van der Waals surface area contributed by atoms with Gasteiger partial charge in [0, 0.05) is 19.3 Å². The van der Waals surface area contributed by atoms with Crippen LogP contribution in [0.15, 0.2) is 48.6 Å². The van der Waals surface area contributed by atoms with Gasteiger partial charge < -0.3 is 14.2 Å². The second-order valence-electron chi connectivity index (χ2n) is 22.4. The van der Waals surface area contributed by atoms with Crippen LogP contribution in [0.2, 0.25) is 0 Å². The molecule has 0 saturated heterocycles. The van der Waals surface area contributed by atoms with Crippen LogP contribution in [-0.2, 0) is 28.6 Å². The molecule has 0 saturated carbocycles. The van der Waals surface area contributed by atoms with E-state index in [0.717, 1.165) is 96.3 Å². The fourth-order valence-electron chi connectivity index (χ4n) is 9.91. The Morgan fingerprint density at radius 3 is 0.813 bits per heavy atom. The summed E-state index contributed by atoms with van der Waals surface area (Å²) in [5.41, 5.74) is 0. The second kappa shape index (κ2) is 63.9. The summed E-state index contributed by atoms with van der Waals surface area (Å²) in [6.07, 6.45) is 80.1. The number of allylic oxidation sites excluding steroid dienone is 8. The molecule has 0 aromatic rings. The van der Waals surface area contributed by atoms with Gasteiger partial charge in [-0.15, -0.1) is 0 Å². The Labute approximate surface area is 467 Å². The molecule has 0 aliphatic rings. The first-order chi connectivity index (χ1) is 37.0. The zero-order valence-electron chi connectivity index (χ0n) is 50.3. The predicted molar refractivity (Wildman–Crippen MR) is 325 cm³/mol. The van der Waals surface area contributed by atoms with E-state index in [9.17, 15) is 14.4 Å². The van der Waals surface area contributed by atoms with Crippen molar-refractivity contribution in [2.75, 3.05) is 13.2 Å². The molecule has 0 fully saturated rings. The molecule has 0 radical (unpaired) electrons. The number of hydrogen-bond donors (Lipinski definition) is 0. The Balaban J connectivity index is 4.11. The van der Waals surface area contributed by atoms with Gasteiger partial charge in [-0.3, -0.25) is 14.4 Å². The molecular formula is C69H126O6. The van der Waals surface area contributed by atoms with Gasteiger partial charge in [0.05, 0.1) is 0 Å². The van der Waals surface area contributed by atoms with Gasteiger partial charge in [0.25, 0.3) is 0 Å². The largest absolute Gasteiger partial charge is 0.462 e. The van der Waals surface area contributed by atoms with E-state index in [1.54, 1.807) is 0 Å².